The Balaban J connectivity index is 1.57. The van der Waals surface area contributed by atoms with Crippen LogP contribution in [0.5, 0.6) is 0 Å². The van der Waals surface area contributed by atoms with E-state index < -0.39 is 6.04 Å². The number of halogens is 1. The fraction of sp³-hybridized carbons (Fsp3) is 0.0690. The van der Waals surface area contributed by atoms with Crippen LogP contribution in [0.4, 0.5) is 11.6 Å². The number of hydrogen-bond donors (Lipinski definition) is 0. The summed E-state index contributed by atoms with van der Waals surface area (Å²) in [5, 5.41) is 20.0. The summed E-state index contributed by atoms with van der Waals surface area (Å²) in [7, 11) is 0. The number of nitrogens with zero attached hydrogens (tertiary/aromatic N) is 5. The van der Waals surface area contributed by atoms with E-state index in [1.54, 1.807) is 29.3 Å². The van der Waals surface area contributed by atoms with Gasteiger partial charge in [-0.15, -0.1) is 0 Å². The van der Waals surface area contributed by atoms with E-state index in [9.17, 15) is 10.1 Å². The van der Waals surface area contributed by atoms with Gasteiger partial charge < -0.3 is 0 Å². The first kappa shape index (κ1) is 22.8. The van der Waals surface area contributed by atoms with Crippen molar-refractivity contribution in [3.63, 3.8) is 0 Å². The Morgan fingerprint density at radius 2 is 1.51 bits per heavy atom. The second kappa shape index (κ2) is 9.44. The molecule has 2 heterocycles. The predicted octanol–water partition coefficient (Wildman–Crippen LogP) is 7.21. The highest BCUT2D eigenvalue weighted by molar-refractivity contribution is 6.31. The smallest absolute Gasteiger partial charge is 0.258 e. The minimum absolute atomic E-state index is 0.0362. The van der Waals surface area contributed by atoms with E-state index in [0.29, 0.717) is 28.5 Å². The molecule has 8 heteroatoms. The largest absolute Gasteiger partial charge is 0.274 e. The van der Waals surface area contributed by atoms with Crippen LogP contribution in [0.15, 0.2) is 108 Å². The molecule has 7 nitrogen and oxygen atoms in total. The molecule has 0 spiro atoms. The SMILES string of the molecule is O=[N+]([O-])c1ccccc1[C@H]1CC(c2ccccc2)=NN1c1nc(-c2ccccc2)c2ccc(Cl)cc2n1. The van der Waals surface area contributed by atoms with Crippen molar-refractivity contribution in [3.05, 3.63) is 129 Å². The van der Waals surface area contributed by atoms with Gasteiger partial charge in [-0.1, -0.05) is 84.4 Å². The lowest BCUT2D eigenvalue weighted by Gasteiger charge is -2.23. The van der Waals surface area contributed by atoms with Gasteiger partial charge in [0.1, 0.15) is 0 Å². The zero-order chi connectivity index (χ0) is 25.4. The fourth-order valence-corrected chi connectivity index (χ4v) is 4.85. The molecule has 0 unspecified atom stereocenters. The molecule has 0 radical (unpaired) electrons. The van der Waals surface area contributed by atoms with Crippen molar-refractivity contribution in [2.45, 2.75) is 12.5 Å². The van der Waals surface area contributed by atoms with Gasteiger partial charge in [-0.2, -0.15) is 5.10 Å². The number of nitro benzene ring substituents is 1. The summed E-state index contributed by atoms with van der Waals surface area (Å²) >= 11 is 6.34. The molecule has 0 aliphatic carbocycles. The Hall–Kier alpha value is -4.62. The number of fused-ring (bicyclic) bond motifs is 1. The van der Waals surface area contributed by atoms with Gasteiger partial charge in [0, 0.05) is 28.5 Å². The second-order valence-electron chi connectivity index (χ2n) is 8.69. The van der Waals surface area contributed by atoms with Gasteiger partial charge in [-0.25, -0.2) is 15.0 Å². The van der Waals surface area contributed by atoms with Crippen LogP contribution in [0, 0.1) is 10.1 Å². The van der Waals surface area contributed by atoms with Gasteiger partial charge in [0.15, 0.2) is 0 Å². The average Bonchev–Trinajstić information content (AvgIpc) is 3.39. The van der Waals surface area contributed by atoms with Crippen LogP contribution in [-0.4, -0.2) is 20.6 Å². The molecule has 1 aromatic heterocycles. The van der Waals surface area contributed by atoms with Gasteiger partial charge in [-0.3, -0.25) is 10.1 Å². The highest BCUT2D eigenvalue weighted by Gasteiger charge is 2.36. The van der Waals surface area contributed by atoms with Crippen molar-refractivity contribution < 1.29 is 4.92 Å². The van der Waals surface area contributed by atoms with Gasteiger partial charge >= 0.3 is 0 Å². The molecule has 0 fully saturated rings. The van der Waals surface area contributed by atoms with E-state index in [0.717, 1.165) is 27.9 Å². The van der Waals surface area contributed by atoms with Crippen molar-refractivity contribution in [3.8, 4) is 11.3 Å². The highest BCUT2D eigenvalue weighted by atomic mass is 35.5. The molecule has 0 amide bonds. The highest BCUT2D eigenvalue weighted by Crippen LogP contribution is 2.40. The van der Waals surface area contributed by atoms with E-state index in [1.165, 1.54) is 6.07 Å². The zero-order valence-corrected chi connectivity index (χ0v) is 20.3. The number of nitro groups is 1. The lowest BCUT2D eigenvalue weighted by atomic mass is 9.97. The monoisotopic (exact) mass is 505 g/mol. The number of aromatic nitrogens is 2. The van der Waals surface area contributed by atoms with Crippen molar-refractivity contribution in [2.24, 2.45) is 5.10 Å². The van der Waals surface area contributed by atoms with E-state index >= 15 is 0 Å². The first-order valence-electron chi connectivity index (χ1n) is 11.8. The third kappa shape index (κ3) is 4.30. The topological polar surface area (TPSA) is 84.5 Å². The number of hydrazone groups is 1. The summed E-state index contributed by atoms with van der Waals surface area (Å²) in [6.07, 6.45) is 0.465. The third-order valence-corrected chi connectivity index (χ3v) is 6.64. The molecule has 0 saturated heterocycles. The first-order valence-corrected chi connectivity index (χ1v) is 12.1. The first-order chi connectivity index (χ1) is 18.1. The predicted molar refractivity (Wildman–Crippen MR) is 146 cm³/mol. The van der Waals surface area contributed by atoms with E-state index in [1.807, 2.05) is 72.8 Å². The van der Waals surface area contributed by atoms with E-state index in [-0.39, 0.29) is 10.6 Å². The van der Waals surface area contributed by atoms with E-state index in [2.05, 4.69) is 0 Å². The van der Waals surface area contributed by atoms with Crippen LogP contribution >= 0.6 is 11.6 Å². The summed E-state index contributed by atoms with van der Waals surface area (Å²) in [4.78, 5) is 21.4. The van der Waals surface area contributed by atoms with Gasteiger partial charge in [0.05, 0.1) is 33.5 Å². The normalized spacial score (nSPS) is 15.1. The molecule has 37 heavy (non-hydrogen) atoms. The maximum absolute atomic E-state index is 11.9. The zero-order valence-electron chi connectivity index (χ0n) is 19.5. The Labute approximate surface area is 217 Å². The van der Waals surface area contributed by atoms with Crippen molar-refractivity contribution >= 4 is 39.9 Å². The summed E-state index contributed by atoms with van der Waals surface area (Å²) in [6.45, 7) is 0. The minimum atomic E-state index is -0.461. The molecule has 0 N–H and O–H groups in total. The van der Waals surface area contributed by atoms with Crippen LogP contribution in [0.3, 0.4) is 0 Å². The van der Waals surface area contributed by atoms with Crippen LogP contribution in [0.1, 0.15) is 23.6 Å². The van der Waals surface area contributed by atoms with Gasteiger partial charge in [-0.05, 0) is 29.8 Å². The standard InChI is InChI=1S/C29H20ClN5O2/c30-21-15-16-22-25(17-21)31-29(32-28(22)20-11-5-2-6-12-20)34-27(23-13-7-8-14-26(23)35(36)37)18-24(33-34)19-9-3-1-4-10-19/h1-17,27H,18H2/t27-/m1/s1. The lowest BCUT2D eigenvalue weighted by Crippen LogP contribution is -2.22. The third-order valence-electron chi connectivity index (χ3n) is 6.41. The van der Waals surface area contributed by atoms with Crippen LogP contribution in [0.25, 0.3) is 22.2 Å². The molecule has 180 valence electrons. The number of hydrogen-bond acceptors (Lipinski definition) is 6. The molecule has 1 aliphatic rings. The van der Waals surface area contributed by atoms with Crippen LogP contribution < -0.4 is 5.01 Å². The van der Waals surface area contributed by atoms with Gasteiger partial charge in [0.2, 0.25) is 5.95 Å². The molecule has 6 rings (SSSR count). The Kier molecular flexibility index (Phi) is 5.82. The average molecular weight is 506 g/mol. The number of benzene rings is 4. The summed E-state index contributed by atoms with van der Waals surface area (Å²) in [6, 6.07) is 31.5. The molecule has 4 aromatic carbocycles. The summed E-state index contributed by atoms with van der Waals surface area (Å²) in [5.74, 6) is 0.350. The molecule has 0 saturated carbocycles. The maximum Gasteiger partial charge on any atom is 0.274 e. The van der Waals surface area contributed by atoms with Crippen molar-refractivity contribution in [1.82, 2.24) is 9.97 Å². The summed E-state index contributed by atoms with van der Waals surface area (Å²) in [5.41, 5.74) is 4.67. The minimum Gasteiger partial charge on any atom is -0.258 e. The molecule has 5 aromatic rings. The van der Waals surface area contributed by atoms with Gasteiger partial charge in [0.25, 0.3) is 5.69 Å². The number of para-hydroxylation sites is 1. The molecule has 1 atom stereocenters. The second-order valence-corrected chi connectivity index (χ2v) is 9.13. The molecule has 0 bridgehead atoms. The molecular weight excluding hydrogens is 486 g/mol. The van der Waals surface area contributed by atoms with E-state index in [4.69, 9.17) is 26.7 Å². The number of anilines is 1. The quantitative estimate of drug-likeness (QED) is 0.186. The number of rotatable bonds is 5. The lowest BCUT2D eigenvalue weighted by molar-refractivity contribution is -0.385. The summed E-state index contributed by atoms with van der Waals surface area (Å²) < 4.78 is 0. The Morgan fingerprint density at radius 1 is 0.838 bits per heavy atom. The fourth-order valence-electron chi connectivity index (χ4n) is 4.69. The molecular formula is C29H20ClN5O2. The van der Waals surface area contributed by atoms with Crippen LogP contribution in [-0.2, 0) is 0 Å². The maximum atomic E-state index is 11.9. The van der Waals surface area contributed by atoms with Crippen LogP contribution in [0.2, 0.25) is 5.02 Å². The van der Waals surface area contributed by atoms with Crippen molar-refractivity contribution in [2.75, 3.05) is 5.01 Å². The Bertz CT molecular complexity index is 1660. The Morgan fingerprint density at radius 3 is 2.24 bits per heavy atom. The molecule has 1 aliphatic heterocycles. The van der Waals surface area contributed by atoms with Crippen molar-refractivity contribution in [1.29, 1.82) is 0 Å².